The number of hydrogen-bond donors (Lipinski definition) is 0. The van der Waals surface area contributed by atoms with Gasteiger partial charge in [0, 0.05) is 28.8 Å². The molecule has 1 aliphatic heterocycles. The van der Waals surface area contributed by atoms with E-state index in [0.717, 1.165) is 25.7 Å². The molecule has 0 bridgehead atoms. The van der Waals surface area contributed by atoms with Gasteiger partial charge in [-0.2, -0.15) is 0 Å². The first kappa shape index (κ1) is 15.6. The van der Waals surface area contributed by atoms with Crippen LogP contribution in [-0.2, 0) is 9.53 Å². The third kappa shape index (κ3) is 2.43. The average Bonchev–Trinajstić information content (AvgIpc) is 2.68. The topological polar surface area (TPSA) is 78.3 Å². The Hall–Kier alpha value is -0.780. The maximum Gasteiger partial charge on any atom is 0.253 e. The van der Waals surface area contributed by atoms with Crippen LogP contribution in [0.15, 0.2) is 5.11 Å². The fourth-order valence-corrected chi connectivity index (χ4v) is 4.06. The van der Waals surface area contributed by atoms with Crippen molar-refractivity contribution in [1.82, 2.24) is 4.90 Å². The fourth-order valence-electron chi connectivity index (χ4n) is 3.48. The van der Waals surface area contributed by atoms with Gasteiger partial charge in [0.25, 0.3) is 5.91 Å². The van der Waals surface area contributed by atoms with Crippen molar-refractivity contribution in [3.05, 3.63) is 10.4 Å². The molecule has 0 radical (unpaired) electrons. The van der Waals surface area contributed by atoms with Crippen molar-refractivity contribution in [1.29, 1.82) is 0 Å². The van der Waals surface area contributed by atoms with Crippen molar-refractivity contribution in [2.24, 2.45) is 10.5 Å². The molecule has 0 aromatic carbocycles. The Morgan fingerprint density at radius 3 is 2.65 bits per heavy atom. The van der Waals surface area contributed by atoms with Crippen molar-refractivity contribution in [3.8, 4) is 0 Å². The van der Waals surface area contributed by atoms with Crippen molar-refractivity contribution < 1.29 is 9.53 Å². The third-order valence-corrected chi connectivity index (χ3v) is 5.79. The normalized spacial score (nSPS) is 35.1. The molecule has 0 N–H and O–H groups in total. The molecule has 3 atom stereocenters. The number of halogens is 1. The summed E-state index contributed by atoms with van der Waals surface area (Å²) in [6, 6.07) is 0.172. The summed E-state index contributed by atoms with van der Waals surface area (Å²) in [4.78, 5) is 17.4. The van der Waals surface area contributed by atoms with Crippen LogP contribution in [0, 0.1) is 5.41 Å². The molecule has 0 aromatic rings. The van der Waals surface area contributed by atoms with Gasteiger partial charge >= 0.3 is 0 Å². The molecule has 2 fully saturated rings. The van der Waals surface area contributed by atoms with Gasteiger partial charge in [0.05, 0.1) is 0 Å². The number of carbonyl (C=O) groups is 1. The molecule has 1 aliphatic carbocycles. The van der Waals surface area contributed by atoms with Gasteiger partial charge in [-0.1, -0.05) is 47.2 Å². The predicted octanol–water partition coefficient (Wildman–Crippen LogP) is 3.21. The predicted molar refractivity (Wildman–Crippen MR) is 79.4 cm³/mol. The number of rotatable bonds is 4. The Balaban J connectivity index is 2.37. The van der Waals surface area contributed by atoms with E-state index in [-0.39, 0.29) is 11.9 Å². The molecule has 1 amide bonds. The Morgan fingerprint density at radius 1 is 1.50 bits per heavy atom. The highest BCUT2D eigenvalue weighted by Gasteiger charge is 2.57. The average molecular weight is 345 g/mol. The summed E-state index contributed by atoms with van der Waals surface area (Å²) in [5, 5.41) is 4.48. The number of ether oxygens (including phenoxy) is 1. The van der Waals surface area contributed by atoms with E-state index >= 15 is 0 Å². The summed E-state index contributed by atoms with van der Waals surface area (Å²) in [5.74, 6) is -0.0428. The summed E-state index contributed by atoms with van der Waals surface area (Å²) < 4.78 is 5.42. The zero-order chi connectivity index (χ0) is 14.8. The van der Waals surface area contributed by atoms with E-state index in [1.54, 1.807) is 12.0 Å². The lowest BCUT2D eigenvalue weighted by molar-refractivity contribution is -0.140. The Kier molecular flexibility index (Phi) is 4.94. The van der Waals surface area contributed by atoms with Crippen molar-refractivity contribution in [2.45, 2.75) is 57.3 Å². The highest BCUT2D eigenvalue weighted by atomic mass is 79.9. The second kappa shape index (κ2) is 6.33. The SMILES string of the molecule is CO[C@H]1C(=O)N(C2CCCCC2)[C@H](N=[N+]=[N-])[C@]1(C)CBr. The molecule has 7 heteroatoms. The molecule has 1 saturated heterocycles. The van der Waals surface area contributed by atoms with Gasteiger partial charge in [-0.25, -0.2) is 0 Å². The lowest BCUT2D eigenvalue weighted by atomic mass is 9.86. The van der Waals surface area contributed by atoms with Gasteiger partial charge in [-0.15, -0.1) is 0 Å². The minimum Gasteiger partial charge on any atom is -0.371 e. The molecule has 0 spiro atoms. The van der Waals surface area contributed by atoms with Crippen LogP contribution < -0.4 is 0 Å². The molecule has 20 heavy (non-hydrogen) atoms. The molecule has 1 heterocycles. The van der Waals surface area contributed by atoms with E-state index < -0.39 is 17.7 Å². The number of carbonyl (C=O) groups excluding carboxylic acids is 1. The Bertz CT molecular complexity index is 421. The summed E-state index contributed by atoms with van der Waals surface area (Å²) in [5.41, 5.74) is 8.35. The maximum atomic E-state index is 12.7. The second-order valence-electron chi connectivity index (χ2n) is 5.87. The van der Waals surface area contributed by atoms with Crippen LogP contribution in [0.1, 0.15) is 39.0 Å². The molecule has 0 aromatic heterocycles. The molecule has 0 unspecified atom stereocenters. The number of nitrogens with zero attached hydrogens (tertiary/aromatic N) is 4. The second-order valence-corrected chi connectivity index (χ2v) is 6.43. The van der Waals surface area contributed by atoms with Gasteiger partial charge < -0.3 is 9.64 Å². The number of likely N-dealkylation sites (tertiary alicyclic amines) is 1. The number of hydrogen-bond acceptors (Lipinski definition) is 3. The minimum absolute atomic E-state index is 0.0428. The zero-order valence-corrected chi connectivity index (χ0v) is 13.5. The molecule has 2 aliphatic rings. The summed E-state index contributed by atoms with van der Waals surface area (Å²) in [6.45, 7) is 1.94. The monoisotopic (exact) mass is 344 g/mol. The molecule has 112 valence electrons. The third-order valence-electron chi connectivity index (χ3n) is 4.58. The summed E-state index contributed by atoms with van der Waals surface area (Å²) in [6.07, 6.45) is 4.40. The van der Waals surface area contributed by atoms with E-state index in [0.29, 0.717) is 5.33 Å². The van der Waals surface area contributed by atoms with E-state index in [4.69, 9.17) is 10.3 Å². The summed E-state index contributed by atoms with van der Waals surface area (Å²) in [7, 11) is 1.54. The maximum absolute atomic E-state index is 12.7. The van der Waals surface area contributed by atoms with E-state index in [1.807, 2.05) is 6.92 Å². The molecule has 1 saturated carbocycles. The largest absolute Gasteiger partial charge is 0.371 e. The lowest BCUT2D eigenvalue weighted by Crippen LogP contribution is -2.45. The van der Waals surface area contributed by atoms with Gasteiger partial charge in [-0.3, -0.25) is 4.79 Å². The molecule has 6 nitrogen and oxygen atoms in total. The van der Waals surface area contributed by atoms with Gasteiger partial charge in [0.15, 0.2) is 0 Å². The zero-order valence-electron chi connectivity index (χ0n) is 12.0. The first-order valence-electron chi connectivity index (χ1n) is 7.05. The quantitative estimate of drug-likeness (QED) is 0.339. The molecular formula is C13H21BrN4O2. The van der Waals surface area contributed by atoms with Crippen LogP contribution in [0.2, 0.25) is 0 Å². The number of methoxy groups -OCH3 is 1. The van der Waals surface area contributed by atoms with Crippen LogP contribution >= 0.6 is 15.9 Å². The number of amides is 1. The number of alkyl halides is 1. The fraction of sp³-hybridized carbons (Fsp3) is 0.923. The smallest absolute Gasteiger partial charge is 0.253 e. The van der Waals surface area contributed by atoms with Gasteiger partial charge in [-0.05, 0) is 18.4 Å². The first-order chi connectivity index (χ1) is 9.60. The van der Waals surface area contributed by atoms with Crippen molar-refractivity contribution in [3.63, 3.8) is 0 Å². The Morgan fingerprint density at radius 2 is 2.15 bits per heavy atom. The van der Waals surface area contributed by atoms with E-state index in [1.165, 1.54) is 6.42 Å². The summed E-state index contributed by atoms with van der Waals surface area (Å²) >= 11 is 3.46. The standard InChI is InChI=1S/C13H21BrN4O2/c1-13(8-14)10(20-2)11(19)18(12(13)16-17-15)9-6-4-3-5-7-9/h9-10,12H,3-8H2,1-2H3/t10-,12-,13+/m0/s1. The molecular weight excluding hydrogens is 324 g/mol. The van der Waals surface area contributed by atoms with E-state index in [2.05, 4.69) is 26.0 Å². The van der Waals surface area contributed by atoms with Crippen LogP contribution in [0.4, 0.5) is 0 Å². The molecule has 2 rings (SSSR count). The lowest BCUT2D eigenvalue weighted by Gasteiger charge is -2.37. The van der Waals surface area contributed by atoms with E-state index in [9.17, 15) is 4.79 Å². The van der Waals surface area contributed by atoms with Crippen LogP contribution in [0.5, 0.6) is 0 Å². The van der Waals surface area contributed by atoms with Crippen molar-refractivity contribution in [2.75, 3.05) is 12.4 Å². The van der Waals surface area contributed by atoms with Gasteiger partial charge in [0.2, 0.25) is 0 Å². The minimum atomic E-state index is -0.556. The van der Waals surface area contributed by atoms with Crippen LogP contribution in [-0.4, -0.2) is 41.6 Å². The van der Waals surface area contributed by atoms with Crippen molar-refractivity contribution >= 4 is 21.8 Å². The highest BCUT2D eigenvalue weighted by molar-refractivity contribution is 9.09. The highest BCUT2D eigenvalue weighted by Crippen LogP contribution is 2.44. The Labute approximate surface area is 127 Å². The van der Waals surface area contributed by atoms with Crippen LogP contribution in [0.25, 0.3) is 10.4 Å². The van der Waals surface area contributed by atoms with Crippen LogP contribution in [0.3, 0.4) is 0 Å². The number of azide groups is 1. The first-order valence-corrected chi connectivity index (χ1v) is 8.17. The van der Waals surface area contributed by atoms with Gasteiger partial charge in [0.1, 0.15) is 12.3 Å².